The third kappa shape index (κ3) is 5.69. The summed E-state index contributed by atoms with van der Waals surface area (Å²) in [7, 11) is -3.16. The highest BCUT2D eigenvalue weighted by Gasteiger charge is 2.16. The van der Waals surface area contributed by atoms with Gasteiger partial charge in [0.1, 0.15) is 15.7 Å². The number of hydrogen-bond acceptors (Lipinski definition) is 6. The zero-order valence-corrected chi connectivity index (χ0v) is 23.7. The molecule has 0 saturated carbocycles. The molecule has 3 N–H and O–H groups in total. The number of halogens is 1. The van der Waals surface area contributed by atoms with Gasteiger partial charge in [-0.05, 0) is 73.4 Å². The zero-order chi connectivity index (χ0) is 28.7. The number of aromatic nitrogens is 5. The van der Waals surface area contributed by atoms with Gasteiger partial charge < -0.3 is 10.3 Å². The number of nitrogens with zero attached hydrogens (tertiary/aromatic N) is 3. The van der Waals surface area contributed by atoms with Crippen molar-refractivity contribution in [3.63, 3.8) is 0 Å². The number of fused-ring (bicyclic) bond motifs is 2. The molecule has 8 nitrogen and oxygen atoms in total. The van der Waals surface area contributed by atoms with Gasteiger partial charge in [-0.1, -0.05) is 18.2 Å². The maximum atomic E-state index is 14.6. The Kier molecular flexibility index (Phi) is 6.78. The minimum atomic E-state index is -3.16. The van der Waals surface area contributed by atoms with Crippen LogP contribution in [0.15, 0.2) is 73.2 Å². The van der Waals surface area contributed by atoms with Gasteiger partial charge in [0.25, 0.3) is 0 Å². The van der Waals surface area contributed by atoms with Gasteiger partial charge in [0.15, 0.2) is 5.65 Å². The topological polar surface area (TPSA) is 116 Å². The Labute approximate surface area is 237 Å². The summed E-state index contributed by atoms with van der Waals surface area (Å²) in [4.78, 5) is 12.4. The highest BCUT2D eigenvalue weighted by Crippen LogP contribution is 2.35. The largest absolute Gasteiger partial charge is 0.382 e. The molecule has 0 spiro atoms. The fraction of sp³-hybridized carbons (Fsp3) is 0.194. The number of hydrogen-bond donors (Lipinski definition) is 3. The molecular weight excluding hydrogens is 539 g/mol. The van der Waals surface area contributed by atoms with Crippen LogP contribution in [0, 0.1) is 5.82 Å². The standard InChI is InChI=1S/C31H29FN6O2S/c1-18(2)35-24-12-21(15-33-17-24)22-13-27-30(37-38-31(27)34-16-22)29-14-26-25(5-4-6-28(26)36-29)20-9-19(10-23(32)11-20)7-8-41(3,39)40/h4-6,9-18,35-36H,7-8H2,1-3H3,(H,34,37,38). The van der Waals surface area contributed by atoms with Crippen molar-refractivity contribution in [1.29, 1.82) is 0 Å². The predicted octanol–water partition coefficient (Wildman–Crippen LogP) is 6.38. The van der Waals surface area contributed by atoms with Gasteiger partial charge in [-0.25, -0.2) is 17.8 Å². The number of benzene rings is 2. The van der Waals surface area contributed by atoms with Crippen molar-refractivity contribution in [2.75, 3.05) is 17.3 Å². The quantitative estimate of drug-likeness (QED) is 0.196. The lowest BCUT2D eigenvalue weighted by Gasteiger charge is -2.10. The third-order valence-electron chi connectivity index (χ3n) is 6.90. The molecule has 2 aromatic carbocycles. The summed E-state index contributed by atoms with van der Waals surface area (Å²) in [6.45, 7) is 4.16. The number of aromatic amines is 2. The van der Waals surface area contributed by atoms with Crippen molar-refractivity contribution < 1.29 is 12.8 Å². The second kappa shape index (κ2) is 10.4. The first-order valence-corrected chi connectivity index (χ1v) is 15.3. The Morgan fingerprint density at radius 2 is 1.78 bits per heavy atom. The lowest BCUT2D eigenvalue weighted by Crippen LogP contribution is -2.09. The summed E-state index contributed by atoms with van der Waals surface area (Å²) in [5, 5.41) is 12.7. The molecule has 10 heteroatoms. The summed E-state index contributed by atoms with van der Waals surface area (Å²) in [6, 6.07) is 16.9. The van der Waals surface area contributed by atoms with Crippen molar-refractivity contribution >= 4 is 37.5 Å². The fourth-order valence-corrected chi connectivity index (χ4v) is 5.67. The second-order valence-corrected chi connectivity index (χ2v) is 12.9. The molecule has 0 aliphatic carbocycles. The molecule has 0 amide bonds. The SMILES string of the molecule is CC(C)Nc1cncc(-c2cnc3n[nH]c(-c4cc5c(-c6cc(F)cc(CCS(C)(=O)=O)c6)cccc5[nH]4)c3c2)c1. The number of pyridine rings is 2. The van der Waals surface area contributed by atoms with E-state index in [4.69, 9.17) is 0 Å². The van der Waals surface area contributed by atoms with Crippen LogP contribution >= 0.6 is 0 Å². The summed E-state index contributed by atoms with van der Waals surface area (Å²) in [5.41, 5.74) is 8.02. The van der Waals surface area contributed by atoms with Gasteiger partial charge in [0, 0.05) is 58.3 Å². The maximum absolute atomic E-state index is 14.6. The maximum Gasteiger partial charge on any atom is 0.181 e. The van der Waals surface area contributed by atoms with Gasteiger partial charge >= 0.3 is 0 Å². The fourth-order valence-electron chi connectivity index (χ4n) is 5.07. The number of nitrogens with one attached hydrogen (secondary N) is 3. The van der Waals surface area contributed by atoms with Crippen LogP contribution in [0.1, 0.15) is 19.4 Å². The minimum absolute atomic E-state index is 0.0358. The molecule has 0 radical (unpaired) electrons. The third-order valence-corrected chi connectivity index (χ3v) is 7.85. The molecule has 0 unspecified atom stereocenters. The van der Waals surface area contributed by atoms with Gasteiger partial charge in [-0.2, -0.15) is 5.10 Å². The molecule has 0 fully saturated rings. The minimum Gasteiger partial charge on any atom is -0.382 e. The van der Waals surface area contributed by atoms with E-state index in [0.717, 1.165) is 50.1 Å². The Morgan fingerprint density at radius 1 is 0.951 bits per heavy atom. The molecule has 0 atom stereocenters. The monoisotopic (exact) mass is 568 g/mol. The van der Waals surface area contributed by atoms with E-state index >= 15 is 0 Å². The van der Waals surface area contributed by atoms with Crippen molar-refractivity contribution in [3.05, 3.63) is 84.6 Å². The van der Waals surface area contributed by atoms with Crippen LogP contribution in [0.5, 0.6) is 0 Å². The van der Waals surface area contributed by atoms with E-state index in [1.807, 2.05) is 48.7 Å². The van der Waals surface area contributed by atoms with Crippen molar-refractivity contribution in [1.82, 2.24) is 25.1 Å². The highest BCUT2D eigenvalue weighted by atomic mass is 32.2. The van der Waals surface area contributed by atoms with Crippen LogP contribution in [0.25, 0.3) is 55.6 Å². The molecule has 41 heavy (non-hydrogen) atoms. The first kappa shape index (κ1) is 26.6. The molecular formula is C31H29FN6O2S. The Balaban J connectivity index is 1.40. The number of aryl methyl sites for hydroxylation is 1. The van der Waals surface area contributed by atoms with Crippen LogP contribution in [0.3, 0.4) is 0 Å². The van der Waals surface area contributed by atoms with Crippen LogP contribution in [0.4, 0.5) is 10.1 Å². The molecule has 0 aliphatic rings. The molecule has 208 valence electrons. The normalized spacial score (nSPS) is 12.0. The number of rotatable bonds is 8. The molecule has 6 aromatic rings. The van der Waals surface area contributed by atoms with Crippen LogP contribution < -0.4 is 5.32 Å². The zero-order valence-electron chi connectivity index (χ0n) is 22.9. The smallest absolute Gasteiger partial charge is 0.181 e. The predicted molar refractivity (Wildman–Crippen MR) is 162 cm³/mol. The molecule has 0 saturated heterocycles. The molecule has 4 aromatic heterocycles. The van der Waals surface area contributed by atoms with Crippen molar-refractivity contribution in [3.8, 4) is 33.6 Å². The van der Waals surface area contributed by atoms with E-state index in [1.54, 1.807) is 12.4 Å². The second-order valence-electron chi connectivity index (χ2n) is 10.6. The van der Waals surface area contributed by atoms with Gasteiger partial charge in [0.05, 0.1) is 22.8 Å². The van der Waals surface area contributed by atoms with Crippen molar-refractivity contribution in [2.24, 2.45) is 0 Å². The first-order chi connectivity index (χ1) is 19.6. The van der Waals surface area contributed by atoms with E-state index in [0.29, 0.717) is 16.8 Å². The van der Waals surface area contributed by atoms with E-state index in [1.165, 1.54) is 18.4 Å². The van der Waals surface area contributed by atoms with Crippen LogP contribution in [0.2, 0.25) is 0 Å². The summed E-state index contributed by atoms with van der Waals surface area (Å²) >= 11 is 0. The number of sulfone groups is 1. The van der Waals surface area contributed by atoms with E-state index in [9.17, 15) is 12.8 Å². The van der Waals surface area contributed by atoms with Crippen molar-refractivity contribution in [2.45, 2.75) is 26.3 Å². The molecule has 0 bridgehead atoms. The van der Waals surface area contributed by atoms with Crippen LogP contribution in [-0.4, -0.2) is 51.6 Å². The number of anilines is 1. The summed E-state index contributed by atoms with van der Waals surface area (Å²) in [6.07, 6.45) is 6.84. The van der Waals surface area contributed by atoms with Crippen LogP contribution in [-0.2, 0) is 16.3 Å². The van der Waals surface area contributed by atoms with Gasteiger partial charge in [-0.15, -0.1) is 0 Å². The summed E-state index contributed by atoms with van der Waals surface area (Å²) < 4.78 is 37.9. The average Bonchev–Trinajstić information content (AvgIpc) is 3.54. The lowest BCUT2D eigenvalue weighted by molar-refractivity contribution is 0.600. The lowest BCUT2D eigenvalue weighted by atomic mass is 9.98. The van der Waals surface area contributed by atoms with Gasteiger partial charge in [0.2, 0.25) is 0 Å². The first-order valence-electron chi connectivity index (χ1n) is 13.3. The Bertz CT molecular complexity index is 2010. The molecule has 0 aliphatic heterocycles. The molecule has 6 rings (SSSR count). The van der Waals surface area contributed by atoms with Gasteiger partial charge in [-0.3, -0.25) is 10.1 Å². The highest BCUT2D eigenvalue weighted by molar-refractivity contribution is 7.90. The van der Waals surface area contributed by atoms with E-state index in [2.05, 4.69) is 44.3 Å². The Hall–Kier alpha value is -4.57. The Morgan fingerprint density at radius 3 is 2.59 bits per heavy atom. The van der Waals surface area contributed by atoms with E-state index in [-0.39, 0.29) is 18.2 Å². The number of H-pyrrole nitrogens is 2. The summed E-state index contributed by atoms with van der Waals surface area (Å²) in [5.74, 6) is -0.439. The average molecular weight is 569 g/mol. The van der Waals surface area contributed by atoms with E-state index < -0.39 is 15.7 Å². The molecule has 4 heterocycles.